The number of esters is 1. The van der Waals surface area contributed by atoms with Gasteiger partial charge in [0.2, 0.25) is 6.79 Å². The summed E-state index contributed by atoms with van der Waals surface area (Å²) >= 11 is 0. The normalized spacial score (nSPS) is 17.4. The number of carbonyl (C=O) groups is 3. The molecule has 0 saturated carbocycles. The maximum atomic E-state index is 12.3. The zero-order valence-corrected chi connectivity index (χ0v) is 15.5. The van der Waals surface area contributed by atoms with Crippen molar-refractivity contribution >= 4 is 29.2 Å². The highest BCUT2D eigenvalue weighted by molar-refractivity contribution is 6.00. The summed E-state index contributed by atoms with van der Waals surface area (Å²) in [6, 6.07) is 11.8. The minimum Gasteiger partial charge on any atom is -0.478 e. The van der Waals surface area contributed by atoms with E-state index in [9.17, 15) is 14.4 Å². The Balaban J connectivity index is 1.31. The molecule has 29 heavy (non-hydrogen) atoms. The maximum absolute atomic E-state index is 12.3. The third-order valence-corrected chi connectivity index (χ3v) is 4.38. The van der Waals surface area contributed by atoms with E-state index in [-0.39, 0.29) is 13.2 Å². The van der Waals surface area contributed by atoms with E-state index < -0.39 is 30.0 Å². The molecule has 0 aromatic heterocycles. The highest BCUT2D eigenvalue weighted by atomic mass is 16.7. The Morgan fingerprint density at radius 3 is 2.83 bits per heavy atom. The SMILES string of the molecule is C[C@H](OC(=O)C[C@H]1Oc2ccccc2NC1=O)C(=O)Nc1ccc2c(c1)OCO2. The molecular formula is C20H18N2O7. The summed E-state index contributed by atoms with van der Waals surface area (Å²) in [6.45, 7) is 1.57. The van der Waals surface area contributed by atoms with E-state index in [0.29, 0.717) is 28.6 Å². The lowest BCUT2D eigenvalue weighted by atomic mass is 10.1. The number of hydrogen-bond donors (Lipinski definition) is 2. The third-order valence-electron chi connectivity index (χ3n) is 4.38. The summed E-state index contributed by atoms with van der Waals surface area (Å²) in [5.74, 6) is -0.103. The number of benzene rings is 2. The first-order chi connectivity index (χ1) is 14.0. The van der Waals surface area contributed by atoms with Gasteiger partial charge in [0.15, 0.2) is 23.7 Å². The number of hydrogen-bond acceptors (Lipinski definition) is 7. The van der Waals surface area contributed by atoms with Crippen molar-refractivity contribution < 1.29 is 33.3 Å². The van der Waals surface area contributed by atoms with Crippen molar-refractivity contribution in [2.45, 2.75) is 25.6 Å². The molecule has 0 unspecified atom stereocenters. The van der Waals surface area contributed by atoms with Crippen LogP contribution in [0, 0.1) is 0 Å². The van der Waals surface area contributed by atoms with E-state index in [1.165, 1.54) is 6.92 Å². The Morgan fingerprint density at radius 1 is 1.17 bits per heavy atom. The lowest BCUT2D eigenvalue weighted by Crippen LogP contribution is -2.40. The third kappa shape index (κ3) is 4.08. The molecule has 150 valence electrons. The molecule has 0 aliphatic carbocycles. The fraction of sp³-hybridized carbons (Fsp3) is 0.250. The molecule has 0 radical (unpaired) electrons. The predicted octanol–water partition coefficient (Wildman–Crippen LogP) is 2.08. The maximum Gasteiger partial charge on any atom is 0.310 e. The number of nitrogens with one attached hydrogen (secondary N) is 2. The molecule has 2 atom stereocenters. The summed E-state index contributed by atoms with van der Waals surface area (Å²) in [6.07, 6.45) is -2.41. The second-order valence-corrected chi connectivity index (χ2v) is 6.49. The molecule has 2 aromatic rings. The van der Waals surface area contributed by atoms with Gasteiger partial charge in [-0.15, -0.1) is 0 Å². The van der Waals surface area contributed by atoms with Gasteiger partial charge in [-0.3, -0.25) is 14.4 Å². The van der Waals surface area contributed by atoms with Crippen molar-refractivity contribution in [2.24, 2.45) is 0 Å². The van der Waals surface area contributed by atoms with E-state index in [1.54, 1.807) is 42.5 Å². The molecule has 0 saturated heterocycles. The average molecular weight is 398 g/mol. The number of para-hydroxylation sites is 2. The zero-order chi connectivity index (χ0) is 20.4. The summed E-state index contributed by atoms with van der Waals surface area (Å²) in [5, 5.41) is 5.31. The van der Waals surface area contributed by atoms with Crippen LogP contribution in [-0.4, -0.2) is 36.8 Å². The number of rotatable bonds is 5. The summed E-state index contributed by atoms with van der Waals surface area (Å²) in [5.41, 5.74) is 1.02. The summed E-state index contributed by atoms with van der Waals surface area (Å²) < 4.78 is 21.2. The van der Waals surface area contributed by atoms with Gasteiger partial charge in [-0.05, 0) is 31.2 Å². The first-order valence-corrected chi connectivity index (χ1v) is 8.96. The molecule has 2 amide bonds. The van der Waals surface area contributed by atoms with E-state index in [0.717, 1.165) is 0 Å². The molecule has 2 aliphatic heterocycles. The molecule has 9 heteroatoms. The van der Waals surface area contributed by atoms with Crippen LogP contribution in [0.5, 0.6) is 17.2 Å². The molecule has 2 heterocycles. The van der Waals surface area contributed by atoms with Gasteiger partial charge in [-0.25, -0.2) is 0 Å². The van der Waals surface area contributed by atoms with Crippen molar-refractivity contribution in [1.82, 2.24) is 0 Å². The van der Waals surface area contributed by atoms with Crippen molar-refractivity contribution in [3.8, 4) is 17.2 Å². The number of ether oxygens (including phenoxy) is 4. The largest absolute Gasteiger partial charge is 0.478 e. The first kappa shape index (κ1) is 18.6. The first-order valence-electron chi connectivity index (χ1n) is 8.96. The Morgan fingerprint density at radius 2 is 1.97 bits per heavy atom. The van der Waals surface area contributed by atoms with Gasteiger partial charge < -0.3 is 29.6 Å². The standard InChI is InChI=1S/C20H18N2O7/c1-11(19(24)21-12-6-7-15-16(8-12)27-10-26-15)28-18(23)9-17-20(25)22-13-4-2-3-5-14(13)29-17/h2-8,11,17H,9-10H2,1H3,(H,21,24)(H,22,25)/t11-,17+/m0/s1. The zero-order valence-electron chi connectivity index (χ0n) is 15.5. The van der Waals surface area contributed by atoms with Crippen molar-refractivity contribution in [3.05, 3.63) is 42.5 Å². The van der Waals surface area contributed by atoms with Gasteiger partial charge in [-0.1, -0.05) is 12.1 Å². The number of anilines is 2. The van der Waals surface area contributed by atoms with Crippen LogP contribution >= 0.6 is 0 Å². The van der Waals surface area contributed by atoms with E-state index >= 15 is 0 Å². The Bertz CT molecular complexity index is 975. The lowest BCUT2D eigenvalue weighted by Gasteiger charge is -2.25. The fourth-order valence-corrected chi connectivity index (χ4v) is 2.90. The van der Waals surface area contributed by atoms with Gasteiger partial charge in [0.1, 0.15) is 5.75 Å². The topological polar surface area (TPSA) is 112 Å². The van der Waals surface area contributed by atoms with Gasteiger partial charge in [0.25, 0.3) is 11.8 Å². The molecule has 2 aliphatic rings. The van der Waals surface area contributed by atoms with E-state index in [4.69, 9.17) is 18.9 Å². The van der Waals surface area contributed by atoms with Gasteiger partial charge in [0.05, 0.1) is 12.1 Å². The number of fused-ring (bicyclic) bond motifs is 2. The molecule has 2 N–H and O–H groups in total. The average Bonchev–Trinajstić information content (AvgIpc) is 3.16. The van der Waals surface area contributed by atoms with Crippen LogP contribution in [0.15, 0.2) is 42.5 Å². The van der Waals surface area contributed by atoms with E-state index in [2.05, 4.69) is 10.6 Å². The van der Waals surface area contributed by atoms with Crippen LogP contribution in [0.3, 0.4) is 0 Å². The van der Waals surface area contributed by atoms with Crippen LogP contribution in [-0.2, 0) is 19.1 Å². The Kier molecular flexibility index (Phi) is 4.94. The van der Waals surface area contributed by atoms with Crippen LogP contribution < -0.4 is 24.8 Å². The highest BCUT2D eigenvalue weighted by Gasteiger charge is 2.31. The second kappa shape index (κ2) is 7.70. The molecule has 0 bridgehead atoms. The number of carbonyl (C=O) groups excluding carboxylic acids is 3. The lowest BCUT2D eigenvalue weighted by molar-refractivity contribution is -0.155. The van der Waals surface area contributed by atoms with Crippen molar-refractivity contribution in [2.75, 3.05) is 17.4 Å². The van der Waals surface area contributed by atoms with Gasteiger partial charge in [0, 0.05) is 11.8 Å². The summed E-state index contributed by atoms with van der Waals surface area (Å²) in [4.78, 5) is 36.6. The van der Waals surface area contributed by atoms with Crippen LogP contribution in [0.25, 0.3) is 0 Å². The minimum absolute atomic E-state index is 0.127. The van der Waals surface area contributed by atoms with Crippen molar-refractivity contribution in [3.63, 3.8) is 0 Å². The molecule has 9 nitrogen and oxygen atoms in total. The van der Waals surface area contributed by atoms with Gasteiger partial charge >= 0.3 is 5.97 Å². The second-order valence-electron chi connectivity index (χ2n) is 6.49. The minimum atomic E-state index is -1.06. The quantitative estimate of drug-likeness (QED) is 0.742. The van der Waals surface area contributed by atoms with Gasteiger partial charge in [-0.2, -0.15) is 0 Å². The molecular weight excluding hydrogens is 380 g/mol. The Hall–Kier alpha value is -3.75. The molecule has 4 rings (SSSR count). The molecule has 0 fully saturated rings. The fourth-order valence-electron chi connectivity index (χ4n) is 2.90. The smallest absolute Gasteiger partial charge is 0.310 e. The molecule has 0 spiro atoms. The number of amides is 2. The highest BCUT2D eigenvalue weighted by Crippen LogP contribution is 2.34. The van der Waals surface area contributed by atoms with E-state index in [1.807, 2.05) is 0 Å². The predicted molar refractivity (Wildman–Crippen MR) is 101 cm³/mol. The molecule has 2 aromatic carbocycles. The monoisotopic (exact) mass is 398 g/mol. The summed E-state index contributed by atoms with van der Waals surface area (Å²) in [7, 11) is 0. The Labute approximate surface area is 165 Å². The van der Waals surface area contributed by atoms with Crippen LogP contribution in [0.1, 0.15) is 13.3 Å². The van der Waals surface area contributed by atoms with Crippen LogP contribution in [0.4, 0.5) is 11.4 Å². The van der Waals surface area contributed by atoms with Crippen LogP contribution in [0.2, 0.25) is 0 Å². The van der Waals surface area contributed by atoms with Crippen molar-refractivity contribution in [1.29, 1.82) is 0 Å².